The summed E-state index contributed by atoms with van der Waals surface area (Å²) in [6.45, 7) is 1.85. The summed E-state index contributed by atoms with van der Waals surface area (Å²) in [6.07, 6.45) is 0. The van der Waals surface area contributed by atoms with E-state index in [0.29, 0.717) is 50.7 Å². The van der Waals surface area contributed by atoms with E-state index in [2.05, 4.69) is 10.6 Å². The number of methoxy groups -OCH3 is 3. The average molecular weight is 522 g/mol. The van der Waals surface area contributed by atoms with Crippen LogP contribution in [-0.2, 0) is 10.5 Å². The SMILES string of the molecule is COc1cc([C@H]2N=C(SCc3ccc(F)cc3)NC(C)=C2C(=O)Nc2ccccc2)cc(OC)c1OC. The van der Waals surface area contributed by atoms with E-state index in [0.717, 1.165) is 5.56 Å². The predicted octanol–water partition coefficient (Wildman–Crippen LogP) is 5.70. The quantitative estimate of drug-likeness (QED) is 0.396. The van der Waals surface area contributed by atoms with E-state index in [9.17, 15) is 9.18 Å². The number of para-hydroxylation sites is 1. The Labute approximate surface area is 219 Å². The number of anilines is 1. The highest BCUT2D eigenvalue weighted by atomic mass is 32.2. The third kappa shape index (κ3) is 6.06. The summed E-state index contributed by atoms with van der Waals surface area (Å²) >= 11 is 1.47. The molecule has 3 aromatic rings. The van der Waals surface area contributed by atoms with Crippen LogP contribution in [0.15, 0.2) is 83.0 Å². The van der Waals surface area contributed by atoms with E-state index >= 15 is 0 Å². The fraction of sp³-hybridized carbons (Fsp3) is 0.214. The van der Waals surface area contributed by atoms with Crippen LogP contribution in [0.5, 0.6) is 17.2 Å². The molecule has 7 nitrogen and oxygen atoms in total. The molecule has 37 heavy (non-hydrogen) atoms. The molecule has 3 aromatic carbocycles. The van der Waals surface area contributed by atoms with Crippen LogP contribution >= 0.6 is 11.8 Å². The van der Waals surface area contributed by atoms with Gasteiger partial charge in [-0.05, 0) is 54.4 Å². The number of hydrogen-bond acceptors (Lipinski definition) is 7. The monoisotopic (exact) mass is 521 g/mol. The second-order valence-corrected chi connectivity index (χ2v) is 9.16. The molecule has 4 rings (SSSR count). The Morgan fingerprint density at radius 1 is 1.00 bits per heavy atom. The molecule has 1 amide bonds. The van der Waals surface area contributed by atoms with Crippen molar-refractivity contribution in [2.45, 2.75) is 18.7 Å². The highest BCUT2D eigenvalue weighted by Crippen LogP contribution is 2.43. The molecule has 0 fully saturated rings. The lowest BCUT2D eigenvalue weighted by Gasteiger charge is -2.27. The van der Waals surface area contributed by atoms with E-state index in [1.807, 2.05) is 37.3 Å². The van der Waals surface area contributed by atoms with Crippen molar-refractivity contribution in [1.82, 2.24) is 5.32 Å². The molecule has 0 saturated heterocycles. The van der Waals surface area contributed by atoms with Crippen LogP contribution < -0.4 is 24.8 Å². The Kier molecular flexibility index (Phi) is 8.35. The number of nitrogens with zero attached hydrogens (tertiary/aromatic N) is 1. The van der Waals surface area contributed by atoms with Gasteiger partial charge in [0.15, 0.2) is 16.7 Å². The molecule has 1 heterocycles. The van der Waals surface area contributed by atoms with Gasteiger partial charge in [0.1, 0.15) is 11.9 Å². The van der Waals surface area contributed by atoms with Crippen LogP contribution in [0, 0.1) is 5.82 Å². The summed E-state index contributed by atoms with van der Waals surface area (Å²) in [5.41, 5.74) is 3.47. The maximum atomic E-state index is 13.5. The van der Waals surface area contributed by atoms with Crippen molar-refractivity contribution >= 4 is 28.5 Å². The van der Waals surface area contributed by atoms with Crippen molar-refractivity contribution in [2.24, 2.45) is 4.99 Å². The van der Waals surface area contributed by atoms with Gasteiger partial charge in [-0.2, -0.15) is 0 Å². The maximum Gasteiger partial charge on any atom is 0.255 e. The molecule has 9 heteroatoms. The fourth-order valence-corrected chi connectivity index (χ4v) is 4.87. The van der Waals surface area contributed by atoms with Gasteiger partial charge in [0, 0.05) is 17.1 Å². The molecule has 0 bridgehead atoms. The molecule has 0 unspecified atom stereocenters. The number of amides is 1. The van der Waals surface area contributed by atoms with Gasteiger partial charge in [0.2, 0.25) is 5.75 Å². The van der Waals surface area contributed by atoms with Crippen molar-refractivity contribution in [3.63, 3.8) is 0 Å². The average Bonchev–Trinajstić information content (AvgIpc) is 2.91. The normalized spacial score (nSPS) is 14.9. The van der Waals surface area contributed by atoms with Crippen molar-refractivity contribution in [3.8, 4) is 17.2 Å². The molecule has 2 N–H and O–H groups in total. The van der Waals surface area contributed by atoms with Crippen LogP contribution in [0.1, 0.15) is 24.1 Å². The molecular weight excluding hydrogens is 493 g/mol. The zero-order valence-corrected chi connectivity index (χ0v) is 21.8. The number of nitrogens with one attached hydrogen (secondary N) is 2. The van der Waals surface area contributed by atoms with E-state index in [-0.39, 0.29) is 11.7 Å². The van der Waals surface area contributed by atoms with E-state index in [4.69, 9.17) is 19.2 Å². The number of aliphatic imine (C=N–C) groups is 1. The Morgan fingerprint density at radius 2 is 1.65 bits per heavy atom. The number of hydrogen-bond donors (Lipinski definition) is 2. The van der Waals surface area contributed by atoms with Gasteiger partial charge >= 0.3 is 0 Å². The number of carbonyl (C=O) groups excluding carboxylic acids is 1. The Morgan fingerprint density at radius 3 is 2.24 bits per heavy atom. The molecule has 0 saturated carbocycles. The van der Waals surface area contributed by atoms with Crippen LogP contribution in [0.2, 0.25) is 0 Å². The number of amidine groups is 1. The summed E-state index contributed by atoms with van der Waals surface area (Å²) in [4.78, 5) is 18.4. The van der Waals surface area contributed by atoms with E-state index < -0.39 is 6.04 Å². The fourth-order valence-electron chi connectivity index (χ4n) is 3.97. The third-order valence-corrected chi connectivity index (χ3v) is 6.74. The van der Waals surface area contributed by atoms with Gasteiger partial charge in [-0.25, -0.2) is 9.38 Å². The zero-order chi connectivity index (χ0) is 26.4. The number of rotatable bonds is 8. The Bertz CT molecular complexity index is 1300. The van der Waals surface area contributed by atoms with Crippen molar-refractivity contribution < 1.29 is 23.4 Å². The number of ether oxygens (including phenoxy) is 3. The summed E-state index contributed by atoms with van der Waals surface area (Å²) in [6, 6.07) is 18.5. The first-order chi connectivity index (χ1) is 17.9. The number of thioether (sulfide) groups is 1. The largest absolute Gasteiger partial charge is 0.493 e. The number of benzene rings is 3. The highest BCUT2D eigenvalue weighted by Gasteiger charge is 2.31. The minimum atomic E-state index is -0.644. The third-order valence-electron chi connectivity index (χ3n) is 5.79. The minimum absolute atomic E-state index is 0.277. The van der Waals surface area contributed by atoms with Crippen LogP contribution in [-0.4, -0.2) is 32.4 Å². The topological polar surface area (TPSA) is 81.2 Å². The second-order valence-electron chi connectivity index (χ2n) is 8.19. The Balaban J connectivity index is 1.72. The molecular formula is C28H28FN3O4S. The molecule has 1 aliphatic heterocycles. The lowest BCUT2D eigenvalue weighted by Crippen LogP contribution is -2.32. The van der Waals surface area contributed by atoms with Crippen LogP contribution in [0.25, 0.3) is 0 Å². The number of carbonyl (C=O) groups is 1. The van der Waals surface area contributed by atoms with Gasteiger partial charge in [-0.15, -0.1) is 0 Å². The number of allylic oxidation sites excluding steroid dienone is 1. The highest BCUT2D eigenvalue weighted by molar-refractivity contribution is 8.13. The maximum absolute atomic E-state index is 13.5. The molecule has 1 atom stereocenters. The van der Waals surface area contributed by atoms with Gasteiger partial charge in [0.25, 0.3) is 5.91 Å². The smallest absolute Gasteiger partial charge is 0.255 e. The van der Waals surface area contributed by atoms with E-state index in [1.165, 1.54) is 31.0 Å². The standard InChI is InChI=1S/C28H28FN3O4S/c1-17-24(27(33)31-21-8-6-5-7-9-21)25(19-14-22(34-2)26(36-4)23(15-19)35-3)32-28(30-17)37-16-18-10-12-20(29)13-11-18/h5-15,25H,16H2,1-4H3,(H,30,32)(H,31,33)/t25-/m1/s1. The summed E-state index contributed by atoms with van der Waals surface area (Å²) in [5.74, 6) is 1.40. The van der Waals surface area contributed by atoms with Gasteiger partial charge in [0.05, 0.1) is 26.9 Å². The van der Waals surface area contributed by atoms with Gasteiger partial charge < -0.3 is 24.8 Å². The van der Waals surface area contributed by atoms with Crippen LogP contribution in [0.3, 0.4) is 0 Å². The van der Waals surface area contributed by atoms with Crippen LogP contribution in [0.4, 0.5) is 10.1 Å². The Hall–Kier alpha value is -3.98. The molecule has 0 radical (unpaired) electrons. The van der Waals surface area contributed by atoms with Gasteiger partial charge in [-0.1, -0.05) is 42.1 Å². The zero-order valence-electron chi connectivity index (χ0n) is 21.0. The van der Waals surface area contributed by atoms with Crippen molar-refractivity contribution in [2.75, 3.05) is 26.6 Å². The lowest BCUT2D eigenvalue weighted by atomic mass is 9.95. The molecule has 0 aromatic heterocycles. The summed E-state index contributed by atoms with van der Waals surface area (Å²) < 4.78 is 29.9. The summed E-state index contributed by atoms with van der Waals surface area (Å²) in [5, 5.41) is 6.86. The first kappa shape index (κ1) is 26.1. The molecule has 1 aliphatic rings. The minimum Gasteiger partial charge on any atom is -0.493 e. The van der Waals surface area contributed by atoms with Crippen molar-refractivity contribution in [1.29, 1.82) is 0 Å². The lowest BCUT2D eigenvalue weighted by molar-refractivity contribution is -0.113. The predicted molar refractivity (Wildman–Crippen MR) is 145 cm³/mol. The first-order valence-corrected chi connectivity index (χ1v) is 12.5. The van der Waals surface area contributed by atoms with Crippen molar-refractivity contribution in [3.05, 3.63) is 94.9 Å². The van der Waals surface area contributed by atoms with Gasteiger partial charge in [-0.3, -0.25) is 4.79 Å². The number of halogens is 1. The second kappa shape index (κ2) is 11.8. The molecule has 0 aliphatic carbocycles. The summed E-state index contributed by atoms with van der Waals surface area (Å²) in [7, 11) is 4.62. The molecule has 0 spiro atoms. The van der Waals surface area contributed by atoms with E-state index in [1.54, 1.807) is 38.5 Å². The molecule has 192 valence electrons. The first-order valence-electron chi connectivity index (χ1n) is 11.5.